The molecule has 0 aromatic heterocycles. The molecule has 11 heteroatoms. The summed E-state index contributed by atoms with van der Waals surface area (Å²) in [6.45, 7) is 1.25. The fraction of sp³-hybridized carbons (Fsp3) is 0.286. The van der Waals surface area contributed by atoms with E-state index >= 15 is 0 Å². The SMILES string of the molecule is CC(OC(=O)ON1C(=O)CCC1=O)OC(=O)c1ccc(N=[N+]=[N-])cc1. The lowest BCUT2D eigenvalue weighted by molar-refractivity contribution is -0.183. The zero-order valence-electron chi connectivity index (χ0n) is 12.9. The number of benzene rings is 1. The van der Waals surface area contributed by atoms with E-state index in [0.717, 1.165) is 0 Å². The summed E-state index contributed by atoms with van der Waals surface area (Å²) in [4.78, 5) is 53.1. The van der Waals surface area contributed by atoms with E-state index in [1.54, 1.807) is 0 Å². The molecule has 0 radical (unpaired) electrons. The molecule has 1 aliphatic heterocycles. The largest absolute Gasteiger partial charge is 0.537 e. The quantitative estimate of drug-likeness (QED) is 0.198. The summed E-state index contributed by atoms with van der Waals surface area (Å²) < 4.78 is 9.52. The van der Waals surface area contributed by atoms with Crippen LogP contribution in [0.3, 0.4) is 0 Å². The lowest BCUT2D eigenvalue weighted by Crippen LogP contribution is -2.34. The van der Waals surface area contributed by atoms with Crippen molar-refractivity contribution in [1.29, 1.82) is 0 Å². The molecule has 1 aromatic carbocycles. The maximum atomic E-state index is 11.9. The average molecular weight is 348 g/mol. The second-order valence-electron chi connectivity index (χ2n) is 4.75. The zero-order valence-corrected chi connectivity index (χ0v) is 12.9. The van der Waals surface area contributed by atoms with Gasteiger partial charge in [-0.15, -0.1) is 0 Å². The van der Waals surface area contributed by atoms with E-state index in [1.165, 1.54) is 31.2 Å². The Kier molecular flexibility index (Phi) is 5.54. The van der Waals surface area contributed by atoms with Crippen molar-refractivity contribution in [1.82, 2.24) is 5.06 Å². The van der Waals surface area contributed by atoms with Crippen LogP contribution in [0.5, 0.6) is 0 Å². The van der Waals surface area contributed by atoms with Crippen LogP contribution in [-0.4, -0.2) is 35.3 Å². The topological polar surface area (TPSA) is 148 Å². The first-order chi connectivity index (χ1) is 11.9. The second kappa shape index (κ2) is 7.79. The summed E-state index contributed by atoms with van der Waals surface area (Å²) in [5.74, 6) is -2.13. The average Bonchev–Trinajstić information content (AvgIpc) is 2.87. The first-order valence-corrected chi connectivity index (χ1v) is 7.01. The van der Waals surface area contributed by atoms with Gasteiger partial charge in [0, 0.05) is 30.4 Å². The zero-order chi connectivity index (χ0) is 18.4. The number of azide groups is 1. The van der Waals surface area contributed by atoms with Gasteiger partial charge in [-0.2, -0.15) is 0 Å². The Bertz CT molecular complexity index is 739. The van der Waals surface area contributed by atoms with Gasteiger partial charge in [-0.05, 0) is 17.7 Å². The Morgan fingerprint density at radius 1 is 1.16 bits per heavy atom. The third kappa shape index (κ3) is 4.69. The summed E-state index contributed by atoms with van der Waals surface area (Å²) in [5, 5.41) is 3.66. The molecule has 1 heterocycles. The van der Waals surface area contributed by atoms with Crippen LogP contribution in [0.15, 0.2) is 29.4 Å². The van der Waals surface area contributed by atoms with Crippen LogP contribution < -0.4 is 0 Å². The molecular weight excluding hydrogens is 336 g/mol. The number of hydroxylamine groups is 2. The maximum absolute atomic E-state index is 11.9. The summed E-state index contributed by atoms with van der Waals surface area (Å²) >= 11 is 0. The molecule has 1 aromatic rings. The minimum Gasteiger partial charge on any atom is -0.422 e. The van der Waals surface area contributed by atoms with E-state index in [-0.39, 0.29) is 18.4 Å². The molecule has 1 aliphatic rings. The molecule has 0 bridgehead atoms. The van der Waals surface area contributed by atoms with Gasteiger partial charge in [0.15, 0.2) is 0 Å². The molecule has 0 aliphatic carbocycles. The molecule has 2 amide bonds. The number of carbonyl (C=O) groups excluding carboxylic acids is 4. The number of rotatable bonds is 5. The highest BCUT2D eigenvalue weighted by Crippen LogP contribution is 2.15. The standard InChI is InChI=1S/C14H12N4O7/c1-8(24-14(22)25-18-11(19)6-7-12(18)20)23-13(21)9-2-4-10(5-3-9)16-17-15/h2-5,8H,6-7H2,1H3. The van der Waals surface area contributed by atoms with E-state index in [1.807, 2.05) is 0 Å². The highest BCUT2D eigenvalue weighted by Gasteiger charge is 2.34. The monoisotopic (exact) mass is 348 g/mol. The van der Waals surface area contributed by atoms with Crippen LogP contribution in [0.1, 0.15) is 30.1 Å². The molecule has 1 unspecified atom stereocenters. The normalized spacial score (nSPS) is 14.5. The molecule has 0 saturated carbocycles. The fourth-order valence-electron chi connectivity index (χ4n) is 1.85. The minimum atomic E-state index is -1.36. The Labute approximate surface area is 140 Å². The second-order valence-corrected chi connectivity index (χ2v) is 4.75. The number of amides is 2. The third-order valence-electron chi connectivity index (χ3n) is 2.97. The van der Waals surface area contributed by atoms with E-state index in [0.29, 0.717) is 10.8 Å². The van der Waals surface area contributed by atoms with Crippen LogP contribution in [0.4, 0.5) is 10.5 Å². The number of hydrogen-bond donors (Lipinski definition) is 0. The number of hydrogen-bond acceptors (Lipinski definition) is 8. The number of ether oxygens (including phenoxy) is 2. The number of esters is 1. The first-order valence-electron chi connectivity index (χ1n) is 7.01. The van der Waals surface area contributed by atoms with Crippen LogP contribution in [0.2, 0.25) is 0 Å². The highest BCUT2D eigenvalue weighted by molar-refractivity contribution is 6.01. The van der Waals surface area contributed by atoms with Crippen molar-refractivity contribution in [3.63, 3.8) is 0 Å². The van der Waals surface area contributed by atoms with Gasteiger partial charge in [0.2, 0.25) is 6.29 Å². The summed E-state index contributed by atoms with van der Waals surface area (Å²) in [6, 6.07) is 5.53. The lowest BCUT2D eigenvalue weighted by atomic mass is 10.2. The predicted octanol–water partition coefficient (Wildman–Crippen LogP) is 2.35. The van der Waals surface area contributed by atoms with Gasteiger partial charge in [0.25, 0.3) is 11.8 Å². The van der Waals surface area contributed by atoms with Gasteiger partial charge in [-0.1, -0.05) is 22.3 Å². The third-order valence-corrected chi connectivity index (χ3v) is 2.97. The molecule has 1 saturated heterocycles. The molecule has 2 rings (SSSR count). The van der Waals surface area contributed by atoms with Crippen LogP contribution in [0, 0.1) is 0 Å². The van der Waals surface area contributed by atoms with Crippen molar-refractivity contribution in [2.45, 2.75) is 26.1 Å². The summed E-state index contributed by atoms with van der Waals surface area (Å²) in [7, 11) is 0. The first kappa shape index (κ1) is 17.8. The molecule has 1 fully saturated rings. The summed E-state index contributed by atoms with van der Waals surface area (Å²) in [6.07, 6.45) is -2.79. The fourth-order valence-corrected chi connectivity index (χ4v) is 1.85. The predicted molar refractivity (Wildman–Crippen MR) is 78.8 cm³/mol. The number of nitrogens with zero attached hydrogens (tertiary/aromatic N) is 4. The van der Waals surface area contributed by atoms with Gasteiger partial charge in [-0.25, -0.2) is 9.59 Å². The maximum Gasteiger partial charge on any atom is 0.537 e. The smallest absolute Gasteiger partial charge is 0.422 e. The van der Waals surface area contributed by atoms with E-state index < -0.39 is 30.2 Å². The Morgan fingerprint density at radius 2 is 1.76 bits per heavy atom. The van der Waals surface area contributed by atoms with Gasteiger partial charge in [0.1, 0.15) is 0 Å². The minimum absolute atomic E-state index is 0.0531. The van der Waals surface area contributed by atoms with Crippen molar-refractivity contribution in [2.24, 2.45) is 5.11 Å². The van der Waals surface area contributed by atoms with Crippen molar-refractivity contribution in [2.75, 3.05) is 0 Å². The molecule has 11 nitrogen and oxygen atoms in total. The molecular formula is C14H12N4O7. The lowest BCUT2D eigenvalue weighted by Gasteiger charge is -2.16. The van der Waals surface area contributed by atoms with Crippen molar-refractivity contribution < 1.29 is 33.5 Å². The van der Waals surface area contributed by atoms with Crippen molar-refractivity contribution in [3.8, 4) is 0 Å². The van der Waals surface area contributed by atoms with Gasteiger partial charge >= 0.3 is 12.1 Å². The van der Waals surface area contributed by atoms with Crippen LogP contribution in [0.25, 0.3) is 10.4 Å². The van der Waals surface area contributed by atoms with Crippen LogP contribution in [-0.2, 0) is 23.9 Å². The van der Waals surface area contributed by atoms with Crippen molar-refractivity contribution in [3.05, 3.63) is 40.3 Å². The summed E-state index contributed by atoms with van der Waals surface area (Å²) in [5.41, 5.74) is 8.74. The van der Waals surface area contributed by atoms with E-state index in [4.69, 9.17) is 10.3 Å². The van der Waals surface area contributed by atoms with Crippen LogP contribution >= 0.6 is 0 Å². The molecule has 1 atom stereocenters. The van der Waals surface area contributed by atoms with Gasteiger partial charge < -0.3 is 9.47 Å². The Morgan fingerprint density at radius 3 is 2.32 bits per heavy atom. The van der Waals surface area contributed by atoms with E-state index in [9.17, 15) is 19.2 Å². The molecule has 130 valence electrons. The Balaban J connectivity index is 1.86. The van der Waals surface area contributed by atoms with Gasteiger partial charge in [0.05, 0.1) is 5.56 Å². The van der Waals surface area contributed by atoms with E-state index in [2.05, 4.69) is 19.6 Å². The van der Waals surface area contributed by atoms with Gasteiger partial charge in [-0.3, -0.25) is 14.4 Å². The number of carbonyl (C=O) groups is 4. The molecule has 0 N–H and O–H groups in total. The molecule has 0 spiro atoms. The molecule has 25 heavy (non-hydrogen) atoms. The Hall–Kier alpha value is -3.59. The number of imide groups is 1. The highest BCUT2D eigenvalue weighted by atomic mass is 16.9. The van der Waals surface area contributed by atoms with Crippen molar-refractivity contribution >= 4 is 29.6 Å².